The number of nitrogens with zero attached hydrogens (tertiary/aromatic N) is 1. The largest absolute Gasteiger partial charge is 1.00 e. The number of fused-ring (bicyclic) bond motifs is 5. The van der Waals surface area contributed by atoms with E-state index in [9.17, 15) is 4.79 Å². The Morgan fingerprint density at radius 1 is 1.05 bits per heavy atom. The monoisotopic (exact) mass is 642 g/mol. The summed E-state index contributed by atoms with van der Waals surface area (Å²) in [7, 11) is 6.43. The summed E-state index contributed by atoms with van der Waals surface area (Å²) in [5.74, 6) is 5.21. The molecule has 4 rings (SSSR count). The summed E-state index contributed by atoms with van der Waals surface area (Å²) in [4.78, 5) is 12.5. The van der Waals surface area contributed by atoms with E-state index in [4.69, 9.17) is 4.74 Å². The van der Waals surface area contributed by atoms with E-state index in [1.807, 2.05) is 0 Å². The van der Waals surface area contributed by atoms with Crippen molar-refractivity contribution in [3.63, 3.8) is 0 Å². The van der Waals surface area contributed by atoms with Gasteiger partial charge < -0.3 is 38.5 Å². The molecular weight excluding hydrogens is 583 g/mol. The van der Waals surface area contributed by atoms with Crippen molar-refractivity contribution in [1.29, 1.82) is 0 Å². The van der Waals surface area contributed by atoms with Gasteiger partial charge in [-0.2, -0.15) is 0 Å². The molecule has 0 bridgehead atoms. The number of hydrogen-bond acceptors (Lipinski definition) is 2. The summed E-state index contributed by atoms with van der Waals surface area (Å²) < 4.78 is 6.75. The quantitative estimate of drug-likeness (QED) is 0.222. The van der Waals surface area contributed by atoms with Gasteiger partial charge in [-0.25, -0.2) is 4.79 Å². The Hall–Kier alpha value is -0.300. The third-order valence-electron chi connectivity index (χ3n) is 11.6. The third-order valence-corrected chi connectivity index (χ3v) is 11.6. The minimum Gasteiger partial charge on any atom is -1.00 e. The van der Waals surface area contributed by atoms with Gasteiger partial charge in [0.15, 0.2) is 0 Å². The second-order valence-corrected chi connectivity index (χ2v) is 15.5. The molecule has 0 aromatic carbocycles. The van der Waals surface area contributed by atoms with Crippen LogP contribution < -0.4 is 29.3 Å². The maximum atomic E-state index is 12.5. The third kappa shape index (κ3) is 6.94. The molecule has 1 amide bonds. The van der Waals surface area contributed by atoms with Crippen molar-refractivity contribution in [2.24, 2.45) is 46.3 Å². The highest BCUT2D eigenvalue weighted by Gasteiger charge is 2.59. The molecule has 220 valence electrons. The summed E-state index contributed by atoms with van der Waals surface area (Å²) in [5, 5.41) is 2.98. The van der Waals surface area contributed by atoms with Gasteiger partial charge in [-0.1, -0.05) is 65.5 Å². The van der Waals surface area contributed by atoms with Crippen LogP contribution in [-0.4, -0.2) is 50.9 Å². The summed E-state index contributed by atoms with van der Waals surface area (Å²) in [5.41, 5.74) is 2.46. The maximum Gasteiger partial charge on any atom is 0.407 e. The van der Waals surface area contributed by atoms with Crippen LogP contribution in [0.25, 0.3) is 0 Å². The van der Waals surface area contributed by atoms with Gasteiger partial charge in [0.05, 0.1) is 34.2 Å². The molecule has 0 saturated heterocycles. The molecule has 0 aromatic rings. The van der Waals surface area contributed by atoms with Crippen molar-refractivity contribution in [2.45, 2.75) is 111 Å². The van der Waals surface area contributed by atoms with Gasteiger partial charge in [0.2, 0.25) is 0 Å². The van der Waals surface area contributed by atoms with Crippen molar-refractivity contribution in [1.82, 2.24) is 5.32 Å². The van der Waals surface area contributed by atoms with Crippen LogP contribution in [0.15, 0.2) is 11.6 Å². The number of amides is 1. The van der Waals surface area contributed by atoms with Crippen LogP contribution >= 0.6 is 0 Å². The predicted molar refractivity (Wildman–Crippen MR) is 154 cm³/mol. The van der Waals surface area contributed by atoms with E-state index in [1.54, 1.807) is 5.57 Å². The molecule has 38 heavy (non-hydrogen) atoms. The Labute approximate surface area is 252 Å². The molecule has 0 heterocycles. The van der Waals surface area contributed by atoms with Crippen LogP contribution in [0.2, 0.25) is 0 Å². The second kappa shape index (κ2) is 12.7. The number of quaternary nitrogens is 1. The van der Waals surface area contributed by atoms with Crippen LogP contribution in [0.4, 0.5) is 4.79 Å². The zero-order chi connectivity index (χ0) is 27.0. The van der Waals surface area contributed by atoms with E-state index < -0.39 is 0 Å². The smallest absolute Gasteiger partial charge is 0.407 e. The van der Waals surface area contributed by atoms with Gasteiger partial charge in [0.25, 0.3) is 0 Å². The van der Waals surface area contributed by atoms with Gasteiger partial charge in [-0.3, -0.25) is 0 Å². The van der Waals surface area contributed by atoms with E-state index in [1.165, 1.54) is 57.8 Å². The summed E-state index contributed by atoms with van der Waals surface area (Å²) in [6, 6.07) is 0. The number of carbonyl (C=O) groups is 1. The molecule has 0 unspecified atom stereocenters. The molecule has 3 saturated carbocycles. The first kappa shape index (κ1) is 32.2. The fourth-order valence-corrected chi connectivity index (χ4v) is 9.44. The molecule has 0 spiro atoms. The summed E-state index contributed by atoms with van der Waals surface area (Å²) in [6.07, 6.45) is 16.8. The lowest BCUT2D eigenvalue weighted by molar-refractivity contribution is -0.869. The zero-order valence-corrected chi connectivity index (χ0v) is 28.1. The topological polar surface area (TPSA) is 38.3 Å². The number of ether oxygens (including phenoxy) is 1. The summed E-state index contributed by atoms with van der Waals surface area (Å²) >= 11 is 0. The van der Waals surface area contributed by atoms with Gasteiger partial charge in [-0.15, -0.1) is 0 Å². The molecule has 0 aromatic heterocycles. The van der Waals surface area contributed by atoms with Gasteiger partial charge in [-0.05, 0) is 91.3 Å². The molecular formula is C33H59IN2O2. The van der Waals surface area contributed by atoms with Crippen molar-refractivity contribution in [2.75, 3.05) is 34.2 Å². The number of carbonyl (C=O) groups excluding carboxylic acids is 1. The van der Waals surface area contributed by atoms with Crippen LogP contribution in [-0.2, 0) is 4.74 Å². The molecule has 5 heteroatoms. The van der Waals surface area contributed by atoms with Crippen LogP contribution in [0.3, 0.4) is 0 Å². The standard InChI is InChI=1S/C33H58N2O2.HI/c1-23(2)10-9-11-24(3)28-14-15-29-27-13-12-25-22-26(37-31(36)34-20-21-35(6,7)8)16-18-32(25,4)30(27)17-19-33(28,29)5;/h12,23-24,26-30H,9-11,13-22H2,1-8H3;1H/t24-,26+,27+,28-,29+,30+,32+,33-;/m1./s1. The maximum absolute atomic E-state index is 12.5. The minimum absolute atomic E-state index is 0. The van der Waals surface area contributed by atoms with Crippen LogP contribution in [0.5, 0.6) is 0 Å². The fourth-order valence-electron chi connectivity index (χ4n) is 9.44. The number of halogens is 1. The first-order valence-corrected chi connectivity index (χ1v) is 15.8. The number of nitrogens with one attached hydrogen (secondary N) is 1. The minimum atomic E-state index is -0.232. The molecule has 1 N–H and O–H groups in total. The molecule has 0 aliphatic heterocycles. The highest BCUT2D eigenvalue weighted by atomic mass is 127. The van der Waals surface area contributed by atoms with Gasteiger partial charge in [0, 0.05) is 6.42 Å². The Balaban J connectivity index is 0.00000400. The second-order valence-electron chi connectivity index (χ2n) is 15.5. The highest BCUT2D eigenvalue weighted by Crippen LogP contribution is 2.67. The number of rotatable bonds is 9. The first-order valence-electron chi connectivity index (χ1n) is 15.8. The molecule has 3 fully saturated rings. The first-order chi connectivity index (χ1) is 17.3. The van der Waals surface area contributed by atoms with Crippen LogP contribution in [0.1, 0.15) is 105 Å². The van der Waals surface area contributed by atoms with E-state index in [2.05, 4.69) is 67.2 Å². The van der Waals surface area contributed by atoms with Crippen molar-refractivity contribution in [3.8, 4) is 0 Å². The molecule has 0 radical (unpaired) electrons. The molecule has 4 nitrogen and oxygen atoms in total. The molecule has 4 aliphatic carbocycles. The van der Waals surface area contributed by atoms with Crippen LogP contribution in [0, 0.1) is 46.3 Å². The van der Waals surface area contributed by atoms with Gasteiger partial charge >= 0.3 is 6.09 Å². The Bertz CT molecular complexity index is 835. The van der Waals surface area contributed by atoms with Crippen molar-refractivity contribution < 1.29 is 38.0 Å². The molecule has 8 atom stereocenters. The predicted octanol–water partition coefficient (Wildman–Crippen LogP) is 4.83. The Morgan fingerprint density at radius 2 is 1.79 bits per heavy atom. The average molecular weight is 643 g/mol. The lowest BCUT2D eigenvalue weighted by Gasteiger charge is -2.58. The number of likely N-dealkylation sites (N-methyl/N-ethyl adjacent to an activating group) is 1. The number of alkyl carbamates (subject to hydrolysis) is 1. The Kier molecular flexibility index (Phi) is 10.8. The van der Waals surface area contributed by atoms with E-state index in [0.717, 1.165) is 59.4 Å². The average Bonchev–Trinajstić information content (AvgIpc) is 3.15. The van der Waals surface area contributed by atoms with E-state index in [-0.39, 0.29) is 36.2 Å². The fraction of sp³-hybridized carbons (Fsp3) is 0.909. The zero-order valence-electron chi connectivity index (χ0n) is 26.0. The molecule has 4 aliphatic rings. The van der Waals surface area contributed by atoms with E-state index >= 15 is 0 Å². The Morgan fingerprint density at radius 3 is 2.47 bits per heavy atom. The lowest BCUT2D eigenvalue weighted by atomic mass is 9.47. The van der Waals surface area contributed by atoms with Crippen molar-refractivity contribution >= 4 is 6.09 Å². The van der Waals surface area contributed by atoms with Gasteiger partial charge in [0.1, 0.15) is 6.10 Å². The summed E-state index contributed by atoms with van der Waals surface area (Å²) in [6.45, 7) is 14.1. The van der Waals surface area contributed by atoms with E-state index in [0.29, 0.717) is 17.4 Å². The van der Waals surface area contributed by atoms with Crippen molar-refractivity contribution in [3.05, 3.63) is 11.6 Å². The lowest BCUT2D eigenvalue weighted by Crippen LogP contribution is -3.00. The normalized spacial score (nSPS) is 37.3. The highest BCUT2D eigenvalue weighted by molar-refractivity contribution is 5.67. The number of allylic oxidation sites excluding steroid dienone is 1. The SMILES string of the molecule is CC(C)CCC[C@@H](C)[C@H]1CC[C@H]2[C@@H]3CC=C4C[C@@H](OC(=O)NCC[N+](C)(C)C)CC[C@]4(C)[C@H]3CC[C@]12C.[I-]. The number of hydrogen-bond donors (Lipinski definition) is 1.